The second kappa shape index (κ2) is 7.82. The Kier molecular flexibility index (Phi) is 6.75. The van der Waals surface area contributed by atoms with Crippen LogP contribution in [0.1, 0.15) is 46.0 Å². The maximum atomic E-state index is 12.1. The Morgan fingerprint density at radius 3 is 2.58 bits per heavy atom. The molecule has 0 aromatic carbocycles. The van der Waals surface area contributed by atoms with E-state index in [1.165, 1.54) is 0 Å². The summed E-state index contributed by atoms with van der Waals surface area (Å²) in [6.07, 6.45) is 3.89. The molecule has 1 heterocycles. The highest BCUT2D eigenvalue weighted by Crippen LogP contribution is 2.29. The standard InChI is InChI=1S/C14H28N2O3/c1-3-14(4-2,7-8-17)10-16-13(18)12-6-5-11(9-15)19-12/h11-12,17H,3-10,15H2,1-2H3,(H,16,18)/t11-,12+/m1/s1. The second-order valence-electron chi connectivity index (χ2n) is 5.46. The van der Waals surface area contributed by atoms with E-state index in [1.54, 1.807) is 0 Å². The van der Waals surface area contributed by atoms with E-state index in [9.17, 15) is 4.79 Å². The molecule has 0 saturated carbocycles. The summed E-state index contributed by atoms with van der Waals surface area (Å²) in [5, 5.41) is 12.1. The molecule has 1 aliphatic heterocycles. The molecule has 19 heavy (non-hydrogen) atoms. The van der Waals surface area contributed by atoms with Gasteiger partial charge in [0.1, 0.15) is 6.10 Å². The number of nitrogens with two attached hydrogens (primary N) is 1. The fourth-order valence-electron chi connectivity index (χ4n) is 2.64. The van der Waals surface area contributed by atoms with Gasteiger partial charge in [0.25, 0.3) is 0 Å². The van der Waals surface area contributed by atoms with E-state index in [1.807, 2.05) is 0 Å². The lowest BCUT2D eigenvalue weighted by atomic mass is 9.79. The first-order chi connectivity index (χ1) is 9.10. The Balaban J connectivity index is 2.44. The molecule has 0 unspecified atom stereocenters. The molecule has 0 spiro atoms. The zero-order valence-electron chi connectivity index (χ0n) is 12.2. The van der Waals surface area contributed by atoms with Crippen LogP contribution in [-0.4, -0.2) is 42.9 Å². The quantitative estimate of drug-likeness (QED) is 0.610. The summed E-state index contributed by atoms with van der Waals surface area (Å²) >= 11 is 0. The largest absolute Gasteiger partial charge is 0.396 e. The normalized spacial score (nSPS) is 23.6. The van der Waals surface area contributed by atoms with Crippen LogP contribution in [-0.2, 0) is 9.53 Å². The van der Waals surface area contributed by atoms with Crippen molar-refractivity contribution in [2.24, 2.45) is 11.1 Å². The van der Waals surface area contributed by atoms with Crippen molar-refractivity contribution in [1.29, 1.82) is 0 Å². The number of nitrogens with one attached hydrogen (secondary N) is 1. The van der Waals surface area contributed by atoms with Gasteiger partial charge in [0.2, 0.25) is 5.91 Å². The van der Waals surface area contributed by atoms with Crippen LogP contribution in [0, 0.1) is 5.41 Å². The average Bonchev–Trinajstić information content (AvgIpc) is 2.92. The van der Waals surface area contributed by atoms with Crippen LogP contribution in [0.2, 0.25) is 0 Å². The molecule has 1 aliphatic rings. The molecule has 4 N–H and O–H groups in total. The maximum Gasteiger partial charge on any atom is 0.249 e. The van der Waals surface area contributed by atoms with E-state index in [0.29, 0.717) is 13.1 Å². The molecule has 5 heteroatoms. The van der Waals surface area contributed by atoms with Crippen molar-refractivity contribution in [3.8, 4) is 0 Å². The lowest BCUT2D eigenvalue weighted by Crippen LogP contribution is -2.42. The first kappa shape index (κ1) is 16.4. The summed E-state index contributed by atoms with van der Waals surface area (Å²) in [4.78, 5) is 12.1. The van der Waals surface area contributed by atoms with Crippen LogP contribution in [0.4, 0.5) is 0 Å². The van der Waals surface area contributed by atoms with Crippen LogP contribution in [0.3, 0.4) is 0 Å². The number of ether oxygens (including phenoxy) is 1. The molecule has 0 aromatic rings. The molecule has 1 amide bonds. The summed E-state index contributed by atoms with van der Waals surface area (Å²) in [5.41, 5.74) is 5.53. The van der Waals surface area contributed by atoms with Gasteiger partial charge in [-0.2, -0.15) is 0 Å². The molecule has 2 atom stereocenters. The minimum atomic E-state index is -0.353. The molecule has 1 rings (SSSR count). The third-order valence-electron chi connectivity index (χ3n) is 4.44. The number of carbonyl (C=O) groups is 1. The fraction of sp³-hybridized carbons (Fsp3) is 0.929. The van der Waals surface area contributed by atoms with Crippen molar-refractivity contribution < 1.29 is 14.6 Å². The Labute approximate surface area is 115 Å². The SMILES string of the molecule is CCC(CC)(CCO)CNC(=O)[C@@H]1CC[C@H](CN)O1. The van der Waals surface area contributed by atoms with Crippen molar-refractivity contribution in [3.63, 3.8) is 0 Å². The predicted molar refractivity (Wildman–Crippen MR) is 74.7 cm³/mol. The zero-order chi connectivity index (χ0) is 14.3. The Morgan fingerprint density at radius 2 is 2.11 bits per heavy atom. The van der Waals surface area contributed by atoms with Gasteiger partial charge < -0.3 is 20.9 Å². The van der Waals surface area contributed by atoms with Crippen molar-refractivity contribution >= 4 is 5.91 Å². The number of rotatable bonds is 8. The van der Waals surface area contributed by atoms with Crippen LogP contribution in [0.15, 0.2) is 0 Å². The van der Waals surface area contributed by atoms with E-state index in [-0.39, 0.29) is 30.1 Å². The Bertz CT molecular complexity index is 280. The summed E-state index contributed by atoms with van der Waals surface area (Å²) < 4.78 is 5.58. The predicted octanol–water partition coefficient (Wildman–Crippen LogP) is 0.798. The van der Waals surface area contributed by atoms with E-state index in [0.717, 1.165) is 32.1 Å². The summed E-state index contributed by atoms with van der Waals surface area (Å²) in [5.74, 6) is -0.0415. The molecule has 5 nitrogen and oxygen atoms in total. The molecule has 0 radical (unpaired) electrons. The molecule has 112 valence electrons. The number of aliphatic hydroxyl groups excluding tert-OH is 1. The zero-order valence-corrected chi connectivity index (χ0v) is 12.2. The number of amides is 1. The number of hydrogen-bond acceptors (Lipinski definition) is 4. The number of carbonyl (C=O) groups excluding carboxylic acids is 1. The first-order valence-corrected chi connectivity index (χ1v) is 7.35. The monoisotopic (exact) mass is 272 g/mol. The van der Waals surface area contributed by atoms with Gasteiger partial charge in [-0.25, -0.2) is 0 Å². The van der Waals surface area contributed by atoms with Crippen LogP contribution in [0.25, 0.3) is 0 Å². The third kappa shape index (κ3) is 4.44. The van der Waals surface area contributed by atoms with Gasteiger partial charge in [-0.05, 0) is 37.5 Å². The summed E-state index contributed by atoms with van der Waals surface area (Å²) in [6, 6.07) is 0. The van der Waals surface area contributed by atoms with Crippen LogP contribution in [0.5, 0.6) is 0 Å². The van der Waals surface area contributed by atoms with Crippen molar-refractivity contribution in [1.82, 2.24) is 5.32 Å². The highest BCUT2D eigenvalue weighted by molar-refractivity contribution is 5.81. The number of aliphatic hydroxyl groups is 1. The Morgan fingerprint density at radius 1 is 1.42 bits per heavy atom. The third-order valence-corrected chi connectivity index (χ3v) is 4.44. The smallest absolute Gasteiger partial charge is 0.249 e. The van der Waals surface area contributed by atoms with E-state index < -0.39 is 0 Å². The molecule has 1 saturated heterocycles. The summed E-state index contributed by atoms with van der Waals surface area (Å²) in [7, 11) is 0. The molecular weight excluding hydrogens is 244 g/mol. The average molecular weight is 272 g/mol. The van der Waals surface area contributed by atoms with E-state index in [2.05, 4.69) is 19.2 Å². The van der Waals surface area contributed by atoms with Crippen LogP contribution >= 0.6 is 0 Å². The lowest BCUT2D eigenvalue weighted by molar-refractivity contribution is -0.132. The molecule has 0 bridgehead atoms. The summed E-state index contributed by atoms with van der Waals surface area (Å²) in [6.45, 7) is 5.44. The van der Waals surface area contributed by atoms with Gasteiger partial charge in [-0.3, -0.25) is 4.79 Å². The highest BCUT2D eigenvalue weighted by Gasteiger charge is 2.32. The molecule has 0 aliphatic carbocycles. The van der Waals surface area contributed by atoms with Gasteiger partial charge >= 0.3 is 0 Å². The van der Waals surface area contributed by atoms with Crippen molar-refractivity contribution in [3.05, 3.63) is 0 Å². The van der Waals surface area contributed by atoms with Gasteiger partial charge in [0.05, 0.1) is 6.10 Å². The molecular formula is C14H28N2O3. The molecule has 0 aromatic heterocycles. The van der Waals surface area contributed by atoms with E-state index in [4.69, 9.17) is 15.6 Å². The van der Waals surface area contributed by atoms with Gasteiger partial charge in [-0.1, -0.05) is 13.8 Å². The van der Waals surface area contributed by atoms with Gasteiger partial charge in [-0.15, -0.1) is 0 Å². The van der Waals surface area contributed by atoms with Crippen LogP contribution < -0.4 is 11.1 Å². The van der Waals surface area contributed by atoms with E-state index >= 15 is 0 Å². The Hall–Kier alpha value is -0.650. The fourth-order valence-corrected chi connectivity index (χ4v) is 2.64. The molecule has 1 fully saturated rings. The topological polar surface area (TPSA) is 84.6 Å². The van der Waals surface area contributed by atoms with Crippen molar-refractivity contribution in [2.45, 2.75) is 58.2 Å². The maximum absolute atomic E-state index is 12.1. The highest BCUT2D eigenvalue weighted by atomic mass is 16.5. The minimum Gasteiger partial charge on any atom is -0.396 e. The minimum absolute atomic E-state index is 0.00369. The second-order valence-corrected chi connectivity index (χ2v) is 5.46. The van der Waals surface area contributed by atoms with Gasteiger partial charge in [0.15, 0.2) is 0 Å². The van der Waals surface area contributed by atoms with Crippen molar-refractivity contribution in [2.75, 3.05) is 19.7 Å². The lowest BCUT2D eigenvalue weighted by Gasteiger charge is -2.31. The van der Waals surface area contributed by atoms with Gasteiger partial charge in [0, 0.05) is 19.7 Å². The number of hydrogen-bond donors (Lipinski definition) is 3. The first-order valence-electron chi connectivity index (χ1n) is 7.35.